The second-order valence-corrected chi connectivity index (χ2v) is 5.19. The molecule has 0 saturated heterocycles. The fourth-order valence-electron chi connectivity index (χ4n) is 1.40. The maximum Gasteiger partial charge on any atom is 0.261 e. The quantitative estimate of drug-likeness (QED) is 0.899. The van der Waals surface area contributed by atoms with Gasteiger partial charge in [0.15, 0.2) is 0 Å². The average molecular weight is 251 g/mol. The fourth-order valence-corrected chi connectivity index (χ4v) is 2.45. The third kappa shape index (κ3) is 2.65. The van der Waals surface area contributed by atoms with E-state index in [2.05, 4.69) is 9.82 Å². The predicted molar refractivity (Wildman–Crippen MR) is 65.2 cm³/mol. The number of hydrogen-bond donors (Lipinski definition) is 1. The maximum absolute atomic E-state index is 12.0. The Kier molecular flexibility index (Phi) is 3.14. The molecule has 0 fully saturated rings. The van der Waals surface area contributed by atoms with Gasteiger partial charge < -0.3 is 0 Å². The standard InChI is InChI=1S/C11H13N3O2S/c1-2-14-9-10(8-12-14)13-17(15,16)11-6-4-3-5-7-11/h3-9,13H,2H2,1H3. The number of anilines is 1. The Morgan fingerprint density at radius 3 is 2.59 bits per heavy atom. The second kappa shape index (κ2) is 4.58. The Morgan fingerprint density at radius 2 is 2.00 bits per heavy atom. The van der Waals surface area contributed by atoms with Crippen LogP contribution in [0.15, 0.2) is 47.6 Å². The van der Waals surface area contributed by atoms with Gasteiger partial charge in [-0.3, -0.25) is 9.40 Å². The summed E-state index contributed by atoms with van der Waals surface area (Å²) in [4.78, 5) is 0.240. The molecule has 2 aromatic rings. The molecule has 0 atom stereocenters. The summed E-state index contributed by atoms with van der Waals surface area (Å²) in [5.74, 6) is 0. The van der Waals surface area contributed by atoms with Crippen LogP contribution in [0.25, 0.3) is 0 Å². The number of hydrogen-bond acceptors (Lipinski definition) is 3. The number of sulfonamides is 1. The summed E-state index contributed by atoms with van der Waals surface area (Å²) in [7, 11) is -3.51. The summed E-state index contributed by atoms with van der Waals surface area (Å²) in [5, 5.41) is 4.00. The molecule has 5 nitrogen and oxygen atoms in total. The molecule has 17 heavy (non-hydrogen) atoms. The summed E-state index contributed by atoms with van der Waals surface area (Å²) in [6, 6.07) is 8.24. The van der Waals surface area contributed by atoms with Gasteiger partial charge in [-0.2, -0.15) is 5.10 Å². The lowest BCUT2D eigenvalue weighted by Gasteiger charge is -2.04. The molecule has 0 amide bonds. The van der Waals surface area contributed by atoms with Crippen molar-refractivity contribution in [2.75, 3.05) is 4.72 Å². The lowest BCUT2D eigenvalue weighted by Crippen LogP contribution is -2.12. The first-order valence-electron chi connectivity index (χ1n) is 5.22. The zero-order chi connectivity index (χ0) is 12.3. The zero-order valence-corrected chi connectivity index (χ0v) is 10.2. The number of benzene rings is 1. The zero-order valence-electron chi connectivity index (χ0n) is 9.37. The smallest absolute Gasteiger partial charge is 0.261 e. The minimum atomic E-state index is -3.51. The van der Waals surface area contributed by atoms with Crippen LogP contribution in [-0.4, -0.2) is 18.2 Å². The molecule has 90 valence electrons. The van der Waals surface area contributed by atoms with Crippen LogP contribution in [0.3, 0.4) is 0 Å². The topological polar surface area (TPSA) is 64.0 Å². The predicted octanol–water partition coefficient (Wildman–Crippen LogP) is 1.70. The molecule has 1 heterocycles. The minimum absolute atomic E-state index is 0.240. The van der Waals surface area contributed by atoms with Gasteiger partial charge in [0.1, 0.15) is 0 Å². The normalized spacial score (nSPS) is 11.4. The van der Waals surface area contributed by atoms with Gasteiger partial charge >= 0.3 is 0 Å². The number of aryl methyl sites for hydroxylation is 1. The van der Waals surface area contributed by atoms with Crippen molar-refractivity contribution in [3.05, 3.63) is 42.7 Å². The number of aromatic nitrogens is 2. The van der Waals surface area contributed by atoms with Crippen LogP contribution in [0, 0.1) is 0 Å². The van der Waals surface area contributed by atoms with Gasteiger partial charge in [-0.15, -0.1) is 0 Å². The molecular formula is C11H13N3O2S. The Labute approximate surface area is 100 Å². The largest absolute Gasteiger partial charge is 0.276 e. The van der Waals surface area contributed by atoms with Crippen molar-refractivity contribution in [2.45, 2.75) is 18.4 Å². The lowest BCUT2D eigenvalue weighted by atomic mass is 10.4. The van der Waals surface area contributed by atoms with Crippen LogP contribution in [0.5, 0.6) is 0 Å². The highest BCUT2D eigenvalue weighted by atomic mass is 32.2. The van der Waals surface area contributed by atoms with E-state index in [-0.39, 0.29) is 4.90 Å². The third-order valence-electron chi connectivity index (χ3n) is 2.26. The van der Waals surface area contributed by atoms with E-state index in [1.54, 1.807) is 41.2 Å². The molecule has 0 aliphatic heterocycles. The van der Waals surface area contributed by atoms with Crippen molar-refractivity contribution in [1.82, 2.24) is 9.78 Å². The first kappa shape index (κ1) is 11.7. The van der Waals surface area contributed by atoms with Crippen LogP contribution in [0.2, 0.25) is 0 Å². The Hall–Kier alpha value is -1.82. The minimum Gasteiger partial charge on any atom is -0.276 e. The van der Waals surface area contributed by atoms with Gasteiger partial charge in [-0.1, -0.05) is 18.2 Å². The molecule has 2 rings (SSSR count). The van der Waals surface area contributed by atoms with E-state index < -0.39 is 10.0 Å². The highest BCUT2D eigenvalue weighted by Crippen LogP contribution is 2.14. The van der Waals surface area contributed by atoms with Gasteiger partial charge in [0.2, 0.25) is 0 Å². The van der Waals surface area contributed by atoms with Gasteiger partial charge in [-0.25, -0.2) is 8.42 Å². The molecule has 0 aliphatic carbocycles. The SMILES string of the molecule is CCn1cc(NS(=O)(=O)c2ccccc2)cn1. The van der Waals surface area contributed by atoms with Crippen molar-refractivity contribution in [1.29, 1.82) is 0 Å². The summed E-state index contributed by atoms with van der Waals surface area (Å²) in [6.07, 6.45) is 3.14. The molecule has 0 unspecified atom stereocenters. The molecule has 1 N–H and O–H groups in total. The molecular weight excluding hydrogens is 238 g/mol. The van der Waals surface area contributed by atoms with E-state index in [1.807, 2.05) is 6.92 Å². The fraction of sp³-hybridized carbons (Fsp3) is 0.182. The monoisotopic (exact) mass is 251 g/mol. The Balaban J connectivity index is 2.24. The molecule has 0 saturated carbocycles. The molecule has 0 spiro atoms. The van der Waals surface area contributed by atoms with Gasteiger partial charge in [0, 0.05) is 12.7 Å². The molecule has 1 aromatic carbocycles. The van der Waals surface area contributed by atoms with Crippen molar-refractivity contribution in [3.8, 4) is 0 Å². The van der Waals surface area contributed by atoms with E-state index >= 15 is 0 Å². The van der Waals surface area contributed by atoms with Crippen molar-refractivity contribution >= 4 is 15.7 Å². The van der Waals surface area contributed by atoms with Crippen molar-refractivity contribution < 1.29 is 8.42 Å². The van der Waals surface area contributed by atoms with Crippen molar-refractivity contribution in [2.24, 2.45) is 0 Å². The van der Waals surface area contributed by atoms with Crippen molar-refractivity contribution in [3.63, 3.8) is 0 Å². The maximum atomic E-state index is 12.0. The van der Waals surface area contributed by atoms with Gasteiger partial charge in [0.25, 0.3) is 10.0 Å². The van der Waals surface area contributed by atoms with Crippen LogP contribution < -0.4 is 4.72 Å². The summed E-state index contributed by atoms with van der Waals surface area (Å²) in [5.41, 5.74) is 0.468. The van der Waals surface area contributed by atoms with E-state index in [1.165, 1.54) is 6.20 Å². The highest BCUT2D eigenvalue weighted by molar-refractivity contribution is 7.92. The number of nitrogens with one attached hydrogen (secondary N) is 1. The third-order valence-corrected chi connectivity index (χ3v) is 3.66. The van der Waals surface area contributed by atoms with Crippen LogP contribution >= 0.6 is 0 Å². The van der Waals surface area contributed by atoms with Gasteiger partial charge in [-0.05, 0) is 19.1 Å². The molecule has 0 aliphatic rings. The summed E-state index contributed by atoms with van der Waals surface area (Å²) in [6.45, 7) is 2.63. The Bertz CT molecular complexity index is 590. The van der Waals surface area contributed by atoms with E-state index in [9.17, 15) is 8.42 Å². The number of nitrogens with zero attached hydrogens (tertiary/aromatic N) is 2. The molecule has 0 radical (unpaired) electrons. The van der Waals surface area contributed by atoms with E-state index in [4.69, 9.17) is 0 Å². The molecule has 0 bridgehead atoms. The van der Waals surface area contributed by atoms with Crippen LogP contribution in [-0.2, 0) is 16.6 Å². The molecule has 6 heteroatoms. The van der Waals surface area contributed by atoms with Crippen LogP contribution in [0.4, 0.5) is 5.69 Å². The van der Waals surface area contributed by atoms with E-state index in [0.717, 1.165) is 0 Å². The lowest BCUT2D eigenvalue weighted by molar-refractivity contribution is 0.601. The highest BCUT2D eigenvalue weighted by Gasteiger charge is 2.13. The summed E-state index contributed by atoms with van der Waals surface area (Å²) < 4.78 is 28.0. The van der Waals surface area contributed by atoms with Crippen LogP contribution in [0.1, 0.15) is 6.92 Å². The first-order valence-corrected chi connectivity index (χ1v) is 6.70. The molecule has 1 aromatic heterocycles. The Morgan fingerprint density at radius 1 is 1.29 bits per heavy atom. The number of rotatable bonds is 4. The van der Waals surface area contributed by atoms with E-state index in [0.29, 0.717) is 12.2 Å². The second-order valence-electron chi connectivity index (χ2n) is 3.50. The average Bonchev–Trinajstić information content (AvgIpc) is 2.77. The van der Waals surface area contributed by atoms with Gasteiger partial charge in [0.05, 0.1) is 16.8 Å². The summed E-state index contributed by atoms with van der Waals surface area (Å²) >= 11 is 0. The first-order chi connectivity index (χ1) is 8.12.